The number of Topliss-reactive ketones (excluding diaryl/α,β-unsaturated/α-hetero) is 1. The van der Waals surface area contributed by atoms with Gasteiger partial charge in [0.25, 0.3) is 0 Å². The second kappa shape index (κ2) is 8.54. The zero-order valence-electron chi connectivity index (χ0n) is 19.7. The second-order valence-corrected chi connectivity index (χ2v) is 10.8. The number of ketones is 2. The highest BCUT2D eigenvalue weighted by atomic mass is 35.5. The smallest absolute Gasteiger partial charge is 0.238 e. The van der Waals surface area contributed by atoms with Gasteiger partial charge in [0.2, 0.25) is 11.8 Å². The van der Waals surface area contributed by atoms with E-state index in [2.05, 4.69) is 0 Å². The first kappa shape index (κ1) is 23.9. The number of carbonyl (C=O) groups is 4. The Morgan fingerprint density at radius 3 is 2.38 bits per heavy atom. The number of rotatable bonds is 2. The Bertz CT molecular complexity index is 1520. The topological polar surface area (TPSA) is 91.8 Å². The fourth-order valence-electron chi connectivity index (χ4n) is 6.31. The molecule has 3 aliphatic carbocycles. The molecule has 0 saturated carbocycles. The van der Waals surface area contributed by atoms with E-state index in [0.29, 0.717) is 39.4 Å². The lowest BCUT2D eigenvalue weighted by atomic mass is 9.59. The number of nitrogens with zero attached hydrogens (tertiary/aromatic N) is 1. The van der Waals surface area contributed by atoms with Crippen molar-refractivity contribution in [3.05, 3.63) is 92.5 Å². The van der Waals surface area contributed by atoms with Crippen molar-refractivity contribution in [2.24, 2.45) is 17.8 Å². The minimum absolute atomic E-state index is 0.0229. The first-order valence-corrected chi connectivity index (χ1v) is 12.7. The number of aromatic hydroxyl groups is 1. The fourth-order valence-corrected chi connectivity index (χ4v) is 6.72. The molecule has 8 heteroatoms. The van der Waals surface area contributed by atoms with Crippen molar-refractivity contribution in [1.29, 1.82) is 0 Å². The van der Waals surface area contributed by atoms with Crippen molar-refractivity contribution < 1.29 is 24.3 Å². The van der Waals surface area contributed by atoms with E-state index in [0.717, 1.165) is 5.57 Å². The Morgan fingerprint density at radius 1 is 0.946 bits per heavy atom. The molecule has 0 bridgehead atoms. The quantitative estimate of drug-likeness (QED) is 0.320. The van der Waals surface area contributed by atoms with Crippen molar-refractivity contribution in [1.82, 2.24) is 0 Å². The van der Waals surface area contributed by atoms with Gasteiger partial charge in [-0.05, 0) is 73.7 Å². The maximum Gasteiger partial charge on any atom is 0.238 e. The molecule has 6 rings (SSSR count). The number of phenols is 1. The number of carbonyl (C=O) groups excluding carboxylic acids is 4. The van der Waals surface area contributed by atoms with Gasteiger partial charge in [-0.15, -0.1) is 0 Å². The Labute approximate surface area is 222 Å². The standard InChI is InChI=1S/C29H21Cl2NO5/c1-13-10-23(34)21-12-20-17(24(26(21)27(13)35)18-7-6-16(33)11-22(18)31)8-9-19-25(20)29(37)32(28(19)36)15-4-2-14(30)3-5-15/h2-8,10-11,19-20,24-25,33H,9,12H2,1H3/t19-,20+,24+,25-/m0/s1. The van der Waals surface area contributed by atoms with Gasteiger partial charge < -0.3 is 5.11 Å². The molecule has 0 aromatic heterocycles. The van der Waals surface area contributed by atoms with Crippen LogP contribution in [0.2, 0.25) is 10.0 Å². The number of allylic oxidation sites excluding steroid dienone is 6. The lowest BCUT2D eigenvalue weighted by Gasteiger charge is -2.42. The molecule has 1 N–H and O–H groups in total. The summed E-state index contributed by atoms with van der Waals surface area (Å²) in [5, 5.41) is 10.7. The molecule has 1 heterocycles. The van der Waals surface area contributed by atoms with Gasteiger partial charge in [0.05, 0.1) is 17.5 Å². The van der Waals surface area contributed by atoms with Gasteiger partial charge in [0.15, 0.2) is 11.6 Å². The first-order valence-electron chi connectivity index (χ1n) is 12.0. The van der Waals surface area contributed by atoms with Gasteiger partial charge in [-0.3, -0.25) is 24.1 Å². The van der Waals surface area contributed by atoms with Crippen molar-refractivity contribution in [2.75, 3.05) is 4.90 Å². The molecule has 4 aliphatic rings. The number of benzene rings is 2. The minimum atomic E-state index is -0.675. The summed E-state index contributed by atoms with van der Waals surface area (Å²) in [5.74, 6) is -3.49. The maximum atomic E-state index is 13.8. The third-order valence-electron chi connectivity index (χ3n) is 7.94. The Kier molecular flexibility index (Phi) is 5.51. The molecule has 2 aromatic rings. The largest absolute Gasteiger partial charge is 0.508 e. The Morgan fingerprint density at radius 2 is 1.68 bits per heavy atom. The van der Waals surface area contributed by atoms with E-state index >= 15 is 0 Å². The van der Waals surface area contributed by atoms with Gasteiger partial charge in [0.1, 0.15) is 5.75 Å². The average Bonchev–Trinajstić information content (AvgIpc) is 3.12. The van der Waals surface area contributed by atoms with Crippen LogP contribution in [0.3, 0.4) is 0 Å². The van der Waals surface area contributed by atoms with E-state index in [1.807, 2.05) is 6.08 Å². The van der Waals surface area contributed by atoms with Crippen LogP contribution in [0.5, 0.6) is 5.75 Å². The third kappa shape index (κ3) is 3.54. The van der Waals surface area contributed by atoms with E-state index in [9.17, 15) is 24.3 Å². The SMILES string of the molecule is CC1=CC(=O)C2=C(C1=O)[C@@H](c1ccc(O)cc1Cl)C1=CC[C@@H]3C(=O)N(c4ccc(Cl)cc4)C(=O)[C@@H]3[C@@H]1C2. The molecule has 1 saturated heterocycles. The highest BCUT2D eigenvalue weighted by Gasteiger charge is 2.56. The molecule has 1 fully saturated rings. The fraction of sp³-hybridized carbons (Fsp3) is 0.241. The molecule has 186 valence electrons. The number of hydrogen-bond acceptors (Lipinski definition) is 5. The zero-order chi connectivity index (χ0) is 26.2. The van der Waals surface area contributed by atoms with Gasteiger partial charge in [-0.1, -0.05) is 40.9 Å². The summed E-state index contributed by atoms with van der Waals surface area (Å²) in [4.78, 5) is 55.1. The summed E-state index contributed by atoms with van der Waals surface area (Å²) in [6.07, 6.45) is 3.80. The van der Waals surface area contributed by atoms with Crippen LogP contribution in [0.4, 0.5) is 5.69 Å². The molecule has 2 amide bonds. The van der Waals surface area contributed by atoms with E-state index in [1.165, 1.54) is 23.1 Å². The average molecular weight is 534 g/mol. The van der Waals surface area contributed by atoms with Crippen molar-refractivity contribution in [3.8, 4) is 5.75 Å². The van der Waals surface area contributed by atoms with Crippen LogP contribution in [0.1, 0.15) is 31.2 Å². The lowest BCUT2D eigenvalue weighted by Crippen LogP contribution is -2.39. The summed E-state index contributed by atoms with van der Waals surface area (Å²) < 4.78 is 0. The van der Waals surface area contributed by atoms with E-state index < -0.39 is 23.7 Å². The number of phenolic OH excluding ortho intramolecular Hbond substituents is 1. The Hall–Kier alpha value is -3.48. The van der Waals surface area contributed by atoms with E-state index in [1.54, 1.807) is 37.3 Å². The normalized spacial score (nSPS) is 27.1. The molecular weight excluding hydrogens is 513 g/mol. The highest BCUT2D eigenvalue weighted by molar-refractivity contribution is 6.32. The van der Waals surface area contributed by atoms with Gasteiger partial charge in [0, 0.05) is 32.7 Å². The summed E-state index contributed by atoms with van der Waals surface area (Å²) >= 11 is 12.6. The van der Waals surface area contributed by atoms with E-state index in [4.69, 9.17) is 23.2 Å². The highest BCUT2D eigenvalue weighted by Crippen LogP contribution is 2.56. The van der Waals surface area contributed by atoms with Crippen molar-refractivity contribution in [2.45, 2.75) is 25.7 Å². The molecule has 6 nitrogen and oxygen atoms in total. The molecular formula is C29H21Cl2NO5. The van der Waals surface area contributed by atoms with Crippen LogP contribution in [0.25, 0.3) is 0 Å². The number of anilines is 1. The summed E-state index contributed by atoms with van der Waals surface area (Å²) in [6, 6.07) is 11.1. The maximum absolute atomic E-state index is 13.8. The van der Waals surface area contributed by atoms with Gasteiger partial charge in [-0.2, -0.15) is 0 Å². The number of imide groups is 1. The van der Waals surface area contributed by atoms with Crippen molar-refractivity contribution >= 4 is 52.3 Å². The molecule has 0 unspecified atom stereocenters. The number of halogens is 2. The minimum Gasteiger partial charge on any atom is -0.508 e. The van der Waals surface area contributed by atoms with Crippen LogP contribution in [-0.2, 0) is 19.2 Å². The van der Waals surface area contributed by atoms with Crippen LogP contribution >= 0.6 is 23.2 Å². The predicted octanol–water partition coefficient (Wildman–Crippen LogP) is 5.33. The van der Waals surface area contributed by atoms with Crippen LogP contribution in [0, 0.1) is 17.8 Å². The molecule has 1 aliphatic heterocycles. The summed E-state index contributed by atoms with van der Waals surface area (Å²) in [5.41, 5.74) is 2.90. The Balaban J connectivity index is 1.50. The number of amides is 2. The van der Waals surface area contributed by atoms with Crippen LogP contribution < -0.4 is 4.90 Å². The number of fused-ring (bicyclic) bond motifs is 3. The molecule has 37 heavy (non-hydrogen) atoms. The number of hydrogen-bond donors (Lipinski definition) is 1. The molecule has 2 aromatic carbocycles. The summed E-state index contributed by atoms with van der Waals surface area (Å²) in [7, 11) is 0. The summed E-state index contributed by atoms with van der Waals surface area (Å²) in [6.45, 7) is 1.61. The second-order valence-electron chi connectivity index (χ2n) is 9.92. The zero-order valence-corrected chi connectivity index (χ0v) is 21.2. The molecule has 4 atom stereocenters. The van der Waals surface area contributed by atoms with Gasteiger partial charge in [-0.25, -0.2) is 0 Å². The monoisotopic (exact) mass is 533 g/mol. The first-order chi connectivity index (χ1) is 17.7. The van der Waals surface area contributed by atoms with E-state index in [-0.39, 0.29) is 40.6 Å². The lowest BCUT2D eigenvalue weighted by molar-refractivity contribution is -0.123. The predicted molar refractivity (Wildman–Crippen MR) is 138 cm³/mol. The molecule has 0 spiro atoms. The van der Waals surface area contributed by atoms with Crippen molar-refractivity contribution in [3.63, 3.8) is 0 Å². The van der Waals surface area contributed by atoms with Crippen LogP contribution in [-0.4, -0.2) is 28.5 Å². The molecule has 0 radical (unpaired) electrons. The van der Waals surface area contributed by atoms with Crippen LogP contribution in [0.15, 0.2) is 76.9 Å². The third-order valence-corrected chi connectivity index (χ3v) is 8.52. The van der Waals surface area contributed by atoms with Gasteiger partial charge >= 0.3 is 0 Å².